The molecule has 1 spiro atoms. The fourth-order valence-electron chi connectivity index (χ4n) is 5.08. The highest BCUT2D eigenvalue weighted by Crippen LogP contribution is 2.43. The van der Waals surface area contributed by atoms with Gasteiger partial charge >= 0.3 is 0 Å². The molecule has 29 heavy (non-hydrogen) atoms. The van der Waals surface area contributed by atoms with Crippen molar-refractivity contribution in [1.29, 1.82) is 0 Å². The second-order valence-electron chi connectivity index (χ2n) is 8.44. The molecular formula is C23H22N4O2. The van der Waals surface area contributed by atoms with Crippen molar-refractivity contribution in [3.63, 3.8) is 0 Å². The summed E-state index contributed by atoms with van der Waals surface area (Å²) in [5.41, 5.74) is 8.34. The van der Waals surface area contributed by atoms with E-state index in [4.69, 9.17) is 4.74 Å². The van der Waals surface area contributed by atoms with E-state index in [1.807, 2.05) is 12.3 Å². The quantitative estimate of drug-likeness (QED) is 0.707. The molecule has 1 saturated carbocycles. The predicted molar refractivity (Wildman–Crippen MR) is 109 cm³/mol. The first-order chi connectivity index (χ1) is 14.2. The van der Waals surface area contributed by atoms with Crippen LogP contribution in [0.5, 0.6) is 5.75 Å². The largest absolute Gasteiger partial charge is 0.495 e. The molecule has 1 amide bonds. The first kappa shape index (κ1) is 16.8. The van der Waals surface area contributed by atoms with E-state index >= 15 is 0 Å². The van der Waals surface area contributed by atoms with Crippen molar-refractivity contribution >= 4 is 5.91 Å². The number of nitrogens with zero attached hydrogens (tertiary/aromatic N) is 2. The monoisotopic (exact) mass is 386 g/mol. The number of H-pyrrole nitrogens is 1. The second kappa shape index (κ2) is 5.92. The highest BCUT2D eigenvalue weighted by Gasteiger charge is 2.45. The summed E-state index contributed by atoms with van der Waals surface area (Å²) in [7, 11) is 1.64. The van der Waals surface area contributed by atoms with Crippen molar-refractivity contribution in [2.45, 2.75) is 44.1 Å². The van der Waals surface area contributed by atoms with Crippen LogP contribution in [0.15, 0.2) is 30.7 Å². The van der Waals surface area contributed by atoms with Crippen LogP contribution in [0.4, 0.5) is 0 Å². The van der Waals surface area contributed by atoms with Gasteiger partial charge in [0.05, 0.1) is 30.3 Å². The van der Waals surface area contributed by atoms with Crippen molar-refractivity contribution in [2.24, 2.45) is 0 Å². The fraction of sp³-hybridized carbons (Fsp3) is 0.348. The van der Waals surface area contributed by atoms with Crippen LogP contribution in [0.1, 0.15) is 46.4 Å². The Bertz CT molecular complexity index is 1160. The molecular weight excluding hydrogens is 364 g/mol. The molecule has 0 radical (unpaired) electrons. The molecule has 0 saturated heterocycles. The van der Waals surface area contributed by atoms with Crippen LogP contribution in [0.25, 0.3) is 22.5 Å². The highest BCUT2D eigenvalue weighted by molar-refractivity contribution is 6.01. The van der Waals surface area contributed by atoms with Crippen LogP contribution in [-0.2, 0) is 19.3 Å². The molecule has 0 bridgehead atoms. The smallest absolute Gasteiger partial charge is 0.253 e. The molecule has 3 aromatic heterocycles. The van der Waals surface area contributed by atoms with E-state index < -0.39 is 0 Å². The Hall–Kier alpha value is -3.15. The van der Waals surface area contributed by atoms with Gasteiger partial charge in [-0.3, -0.25) is 14.8 Å². The number of fused-ring (bicyclic) bond motifs is 5. The zero-order valence-corrected chi connectivity index (χ0v) is 16.3. The second-order valence-corrected chi connectivity index (χ2v) is 8.44. The van der Waals surface area contributed by atoms with Crippen molar-refractivity contribution in [3.05, 3.63) is 53.1 Å². The molecule has 0 atom stereocenters. The third-order valence-corrected chi connectivity index (χ3v) is 6.76. The number of aromatic nitrogens is 3. The van der Waals surface area contributed by atoms with Crippen molar-refractivity contribution in [2.75, 3.05) is 7.11 Å². The lowest BCUT2D eigenvalue weighted by atomic mass is 9.71. The van der Waals surface area contributed by atoms with Gasteiger partial charge in [0.2, 0.25) is 0 Å². The van der Waals surface area contributed by atoms with Gasteiger partial charge in [0.25, 0.3) is 5.91 Å². The van der Waals surface area contributed by atoms with E-state index in [9.17, 15) is 4.79 Å². The van der Waals surface area contributed by atoms with Gasteiger partial charge in [-0.2, -0.15) is 0 Å². The molecule has 1 aliphatic heterocycles. The number of aryl methyl sites for hydroxylation is 1. The van der Waals surface area contributed by atoms with Crippen LogP contribution in [-0.4, -0.2) is 33.5 Å². The molecule has 6 heteroatoms. The number of ether oxygens (including phenoxy) is 1. The number of methoxy groups -OCH3 is 1. The van der Waals surface area contributed by atoms with Gasteiger partial charge in [0.15, 0.2) is 0 Å². The fourth-order valence-corrected chi connectivity index (χ4v) is 5.08. The number of hydrogen-bond acceptors (Lipinski definition) is 4. The zero-order valence-electron chi connectivity index (χ0n) is 16.3. The van der Waals surface area contributed by atoms with Crippen molar-refractivity contribution < 1.29 is 9.53 Å². The third-order valence-electron chi connectivity index (χ3n) is 6.76. The number of nitrogens with one attached hydrogen (secondary N) is 2. The normalized spacial score (nSPS) is 18.3. The summed E-state index contributed by atoms with van der Waals surface area (Å²) < 4.78 is 5.31. The number of pyridine rings is 2. The minimum atomic E-state index is -0.0178. The zero-order chi connectivity index (χ0) is 19.6. The van der Waals surface area contributed by atoms with Crippen LogP contribution >= 0.6 is 0 Å². The standard InChI is InChI=1S/C23H22N4O2/c1-29-15-7-14(10-24-12-15)18-8-17-13(11-25-18)3-4-16-20-19(26-21(16)17)9-23(5-2-6-23)27-22(20)28/h7-8,10-12,26H,2-6,9H2,1H3,(H,27,28). The predicted octanol–water partition coefficient (Wildman–Crippen LogP) is 3.45. The lowest BCUT2D eigenvalue weighted by Crippen LogP contribution is -2.57. The van der Waals surface area contributed by atoms with Crippen molar-refractivity contribution in [3.8, 4) is 28.3 Å². The summed E-state index contributed by atoms with van der Waals surface area (Å²) in [4.78, 5) is 25.5. The van der Waals surface area contributed by atoms with Crippen LogP contribution in [0.3, 0.4) is 0 Å². The molecule has 1 fully saturated rings. The molecule has 4 heterocycles. The molecule has 2 N–H and O–H groups in total. The molecule has 2 aliphatic carbocycles. The van der Waals surface area contributed by atoms with Gasteiger partial charge in [-0.15, -0.1) is 0 Å². The number of hydrogen-bond donors (Lipinski definition) is 2. The summed E-state index contributed by atoms with van der Waals surface area (Å²) in [6.07, 6.45) is 11.5. The van der Waals surface area contributed by atoms with E-state index in [1.54, 1.807) is 19.5 Å². The molecule has 3 aromatic rings. The Labute approximate surface area is 168 Å². The summed E-state index contributed by atoms with van der Waals surface area (Å²) in [6, 6.07) is 4.06. The SMILES string of the molecule is COc1cncc(-c2cc3c(cn2)CCc2c-3[nH]c3c2C(=O)NC2(CCC2)C3)c1. The molecule has 0 aromatic carbocycles. The number of rotatable bonds is 2. The Morgan fingerprint density at radius 3 is 2.83 bits per heavy atom. The maximum atomic E-state index is 12.9. The number of amides is 1. The lowest BCUT2D eigenvalue weighted by molar-refractivity contribution is 0.0793. The minimum Gasteiger partial charge on any atom is -0.495 e. The van der Waals surface area contributed by atoms with E-state index in [-0.39, 0.29) is 11.4 Å². The Kier molecular flexibility index (Phi) is 3.43. The summed E-state index contributed by atoms with van der Waals surface area (Å²) >= 11 is 0. The Morgan fingerprint density at radius 2 is 2.03 bits per heavy atom. The highest BCUT2D eigenvalue weighted by atomic mass is 16.5. The average Bonchev–Trinajstić information content (AvgIpc) is 3.11. The first-order valence-electron chi connectivity index (χ1n) is 10.2. The number of carbonyl (C=O) groups is 1. The van der Waals surface area contributed by atoms with E-state index in [1.165, 1.54) is 12.0 Å². The van der Waals surface area contributed by atoms with Crippen molar-refractivity contribution in [1.82, 2.24) is 20.3 Å². The number of carbonyl (C=O) groups excluding carboxylic acids is 1. The van der Waals surface area contributed by atoms with Gasteiger partial charge in [0.1, 0.15) is 5.75 Å². The van der Waals surface area contributed by atoms with Gasteiger partial charge in [0, 0.05) is 41.2 Å². The molecule has 3 aliphatic rings. The van der Waals surface area contributed by atoms with Crippen LogP contribution in [0, 0.1) is 0 Å². The molecule has 0 unspecified atom stereocenters. The third kappa shape index (κ3) is 2.44. The maximum absolute atomic E-state index is 12.9. The van der Waals surface area contributed by atoms with Gasteiger partial charge < -0.3 is 15.0 Å². The summed E-state index contributed by atoms with van der Waals surface area (Å²) in [6.45, 7) is 0. The van der Waals surface area contributed by atoms with E-state index in [0.29, 0.717) is 5.75 Å². The summed E-state index contributed by atoms with van der Waals surface area (Å²) in [5, 5.41) is 3.30. The summed E-state index contributed by atoms with van der Waals surface area (Å²) in [5.74, 6) is 0.804. The first-order valence-corrected chi connectivity index (χ1v) is 10.2. The molecule has 6 rings (SSSR count). The van der Waals surface area contributed by atoms with E-state index in [2.05, 4.69) is 26.3 Å². The number of aromatic amines is 1. The van der Waals surface area contributed by atoms with Crippen LogP contribution < -0.4 is 10.1 Å². The Balaban J connectivity index is 1.47. The van der Waals surface area contributed by atoms with Gasteiger partial charge in [-0.1, -0.05) is 0 Å². The van der Waals surface area contributed by atoms with Gasteiger partial charge in [-0.05, 0) is 55.4 Å². The molecule has 146 valence electrons. The minimum absolute atomic E-state index is 0.0178. The lowest BCUT2D eigenvalue weighted by Gasteiger charge is -2.45. The maximum Gasteiger partial charge on any atom is 0.253 e. The Morgan fingerprint density at radius 1 is 1.14 bits per heavy atom. The molecule has 6 nitrogen and oxygen atoms in total. The average molecular weight is 386 g/mol. The topological polar surface area (TPSA) is 79.9 Å². The van der Waals surface area contributed by atoms with E-state index in [0.717, 1.165) is 71.4 Å². The van der Waals surface area contributed by atoms with Crippen LogP contribution in [0.2, 0.25) is 0 Å². The van der Waals surface area contributed by atoms with Gasteiger partial charge in [-0.25, -0.2) is 0 Å².